The molecule has 39 heavy (non-hydrogen) atoms. The molecule has 0 radical (unpaired) electrons. The van der Waals surface area contributed by atoms with Gasteiger partial charge in [0.15, 0.2) is 17.1 Å². The first kappa shape index (κ1) is 25.4. The highest BCUT2D eigenvalue weighted by molar-refractivity contribution is 5.95. The second-order valence-corrected chi connectivity index (χ2v) is 8.99. The molecule has 0 spiro atoms. The summed E-state index contributed by atoms with van der Waals surface area (Å²) in [5.41, 5.74) is 2.03. The molecular formula is C29H20F2N4O4. The summed E-state index contributed by atoms with van der Waals surface area (Å²) in [5, 5.41) is 26.0. The molecule has 0 bridgehead atoms. The lowest BCUT2D eigenvalue weighted by Gasteiger charge is -2.19. The molecule has 1 atom stereocenters. The van der Waals surface area contributed by atoms with Gasteiger partial charge in [0.1, 0.15) is 16.9 Å². The summed E-state index contributed by atoms with van der Waals surface area (Å²) >= 11 is 0. The first-order chi connectivity index (χ1) is 18.7. The van der Waals surface area contributed by atoms with Crippen LogP contribution >= 0.6 is 0 Å². The molecule has 2 heterocycles. The zero-order chi connectivity index (χ0) is 27.8. The Morgan fingerprint density at radius 2 is 1.90 bits per heavy atom. The van der Waals surface area contributed by atoms with E-state index >= 15 is 0 Å². The van der Waals surface area contributed by atoms with Crippen molar-refractivity contribution in [2.24, 2.45) is 0 Å². The number of halogens is 2. The van der Waals surface area contributed by atoms with Crippen molar-refractivity contribution in [3.63, 3.8) is 0 Å². The van der Waals surface area contributed by atoms with E-state index in [9.17, 15) is 23.5 Å². The van der Waals surface area contributed by atoms with Crippen LogP contribution in [0.3, 0.4) is 0 Å². The quantitative estimate of drug-likeness (QED) is 0.279. The zero-order valence-corrected chi connectivity index (χ0v) is 20.7. The second-order valence-electron chi connectivity index (χ2n) is 8.99. The molecular weight excluding hydrogens is 506 g/mol. The summed E-state index contributed by atoms with van der Waals surface area (Å²) in [6, 6.07) is 15.0. The van der Waals surface area contributed by atoms with Gasteiger partial charge in [0.05, 0.1) is 46.2 Å². The molecule has 5 aromatic rings. The lowest BCUT2D eigenvalue weighted by Crippen LogP contribution is -2.14. The molecule has 2 N–H and O–H groups in total. The molecule has 10 heteroatoms. The van der Waals surface area contributed by atoms with E-state index in [0.717, 1.165) is 17.7 Å². The number of nitriles is 1. The lowest BCUT2D eigenvalue weighted by molar-refractivity contribution is 0.0691. The Morgan fingerprint density at radius 1 is 1.15 bits per heavy atom. The van der Waals surface area contributed by atoms with Gasteiger partial charge in [-0.1, -0.05) is 6.07 Å². The molecule has 8 nitrogen and oxygen atoms in total. The number of aromatic carboxylic acids is 1. The highest BCUT2D eigenvalue weighted by atomic mass is 19.2. The highest BCUT2D eigenvalue weighted by Crippen LogP contribution is 2.32. The number of aryl methyl sites for hydroxylation is 1. The third kappa shape index (κ3) is 4.73. The first-order valence-electron chi connectivity index (χ1n) is 11.8. The maximum atomic E-state index is 14.3. The third-order valence-electron chi connectivity index (χ3n) is 6.28. The van der Waals surface area contributed by atoms with Crippen molar-refractivity contribution in [3.8, 4) is 23.1 Å². The van der Waals surface area contributed by atoms with Gasteiger partial charge in [0, 0.05) is 17.8 Å². The van der Waals surface area contributed by atoms with Gasteiger partial charge in [-0.25, -0.2) is 18.3 Å². The average molecular weight is 526 g/mol. The monoisotopic (exact) mass is 526 g/mol. The molecule has 2 aromatic heterocycles. The van der Waals surface area contributed by atoms with E-state index in [0.29, 0.717) is 27.8 Å². The Hall–Kier alpha value is -5.30. The van der Waals surface area contributed by atoms with Gasteiger partial charge in [0.2, 0.25) is 0 Å². The Labute approximate surface area is 220 Å². The molecule has 0 aliphatic carbocycles. The standard InChI is InChI=1S/C29H20F2N4O4/c1-15-9-20(16(2)34-23-8-7-22(30)27(31)26(23)29(37)38)28-21(10-15)24(36)11-25(39-28)18-13-33-35(14-18)19-5-3-17(12-32)4-6-19/h3-11,13-14,16,34H,1-2H3,(H,37,38). The van der Waals surface area contributed by atoms with Gasteiger partial charge in [0.25, 0.3) is 0 Å². The van der Waals surface area contributed by atoms with Crippen molar-refractivity contribution in [1.29, 1.82) is 5.26 Å². The minimum absolute atomic E-state index is 0.120. The summed E-state index contributed by atoms with van der Waals surface area (Å²) in [5.74, 6) is -4.11. The molecule has 5 rings (SSSR count). The van der Waals surface area contributed by atoms with Crippen molar-refractivity contribution < 1.29 is 23.1 Å². The second kappa shape index (κ2) is 9.87. The van der Waals surface area contributed by atoms with Crippen LogP contribution < -0.4 is 10.7 Å². The van der Waals surface area contributed by atoms with Crippen LogP contribution in [0.25, 0.3) is 28.0 Å². The molecule has 1 unspecified atom stereocenters. The molecule has 0 amide bonds. The number of carboxylic acids is 1. The van der Waals surface area contributed by atoms with E-state index < -0.39 is 29.2 Å². The van der Waals surface area contributed by atoms with Gasteiger partial charge < -0.3 is 14.8 Å². The van der Waals surface area contributed by atoms with Gasteiger partial charge in [-0.3, -0.25) is 4.79 Å². The van der Waals surface area contributed by atoms with Gasteiger partial charge in [-0.15, -0.1) is 0 Å². The van der Waals surface area contributed by atoms with Gasteiger partial charge >= 0.3 is 5.97 Å². The molecule has 3 aromatic carbocycles. The van der Waals surface area contributed by atoms with Gasteiger partial charge in [-0.05, 0) is 61.9 Å². The smallest absolute Gasteiger partial charge is 0.340 e. The van der Waals surface area contributed by atoms with E-state index in [2.05, 4.69) is 16.5 Å². The molecule has 0 saturated carbocycles. The van der Waals surface area contributed by atoms with Crippen molar-refractivity contribution in [2.75, 3.05) is 5.32 Å². The minimum Gasteiger partial charge on any atom is -0.478 e. The fourth-order valence-corrected chi connectivity index (χ4v) is 4.37. The molecule has 194 valence electrons. The topological polar surface area (TPSA) is 121 Å². The maximum absolute atomic E-state index is 14.3. The fraction of sp³-hybridized carbons (Fsp3) is 0.103. The van der Waals surface area contributed by atoms with E-state index in [1.165, 1.54) is 12.3 Å². The van der Waals surface area contributed by atoms with E-state index in [1.54, 1.807) is 61.1 Å². The summed E-state index contributed by atoms with van der Waals surface area (Å²) in [7, 11) is 0. The normalized spacial score (nSPS) is 11.8. The average Bonchev–Trinajstić information content (AvgIpc) is 3.41. The lowest BCUT2D eigenvalue weighted by atomic mass is 10.00. The molecule has 0 fully saturated rings. The van der Waals surface area contributed by atoms with E-state index in [4.69, 9.17) is 9.68 Å². The summed E-state index contributed by atoms with van der Waals surface area (Å²) < 4.78 is 35.7. The largest absolute Gasteiger partial charge is 0.478 e. The Bertz CT molecular complexity index is 1850. The van der Waals surface area contributed by atoms with Crippen LogP contribution in [0, 0.1) is 29.9 Å². The van der Waals surface area contributed by atoms with Crippen molar-refractivity contribution in [3.05, 3.63) is 111 Å². The number of rotatable bonds is 6. The first-order valence-corrected chi connectivity index (χ1v) is 11.8. The Kier molecular flexibility index (Phi) is 6.42. The van der Waals surface area contributed by atoms with Crippen molar-refractivity contribution >= 4 is 22.6 Å². The van der Waals surface area contributed by atoms with Crippen molar-refractivity contribution in [2.45, 2.75) is 19.9 Å². The number of benzene rings is 3. The van der Waals surface area contributed by atoms with Crippen LogP contribution in [-0.4, -0.2) is 20.9 Å². The Morgan fingerprint density at radius 3 is 2.59 bits per heavy atom. The van der Waals surface area contributed by atoms with Crippen LogP contribution in [0.2, 0.25) is 0 Å². The highest BCUT2D eigenvalue weighted by Gasteiger charge is 2.23. The van der Waals surface area contributed by atoms with Crippen molar-refractivity contribution in [1.82, 2.24) is 9.78 Å². The number of fused-ring (bicyclic) bond motifs is 1. The minimum atomic E-state index is -1.62. The number of hydrogen-bond acceptors (Lipinski definition) is 6. The van der Waals surface area contributed by atoms with Gasteiger partial charge in [-0.2, -0.15) is 10.4 Å². The number of carboxylic acid groups (broad SMARTS) is 1. The van der Waals surface area contributed by atoms with E-state index in [-0.39, 0.29) is 22.5 Å². The zero-order valence-electron chi connectivity index (χ0n) is 20.7. The van der Waals surface area contributed by atoms with Crippen LogP contribution in [0.1, 0.15) is 40.0 Å². The number of nitrogens with one attached hydrogen (secondary N) is 1. The summed E-state index contributed by atoms with van der Waals surface area (Å²) in [6.07, 6.45) is 3.22. The molecule has 0 aliphatic rings. The number of carbonyl (C=O) groups is 1. The molecule has 0 saturated heterocycles. The maximum Gasteiger partial charge on any atom is 0.340 e. The van der Waals surface area contributed by atoms with Crippen LogP contribution in [-0.2, 0) is 0 Å². The number of nitrogens with zero attached hydrogens (tertiary/aromatic N) is 3. The molecule has 0 aliphatic heterocycles. The predicted molar refractivity (Wildman–Crippen MR) is 140 cm³/mol. The SMILES string of the molecule is Cc1cc(C(C)Nc2ccc(F)c(F)c2C(=O)O)c2oc(-c3cnn(-c4ccc(C#N)cc4)c3)cc(=O)c2c1. The number of hydrogen-bond donors (Lipinski definition) is 2. The van der Waals surface area contributed by atoms with Crippen LogP contribution in [0.5, 0.6) is 0 Å². The Balaban J connectivity index is 1.57. The number of aromatic nitrogens is 2. The summed E-state index contributed by atoms with van der Waals surface area (Å²) in [6.45, 7) is 3.49. The van der Waals surface area contributed by atoms with Crippen LogP contribution in [0.15, 0.2) is 76.2 Å². The third-order valence-corrected chi connectivity index (χ3v) is 6.28. The van der Waals surface area contributed by atoms with Crippen LogP contribution in [0.4, 0.5) is 14.5 Å². The fourth-order valence-electron chi connectivity index (χ4n) is 4.37. The summed E-state index contributed by atoms with van der Waals surface area (Å²) in [4.78, 5) is 24.8. The predicted octanol–water partition coefficient (Wildman–Crippen LogP) is 5.98. The number of anilines is 1. The van der Waals surface area contributed by atoms with E-state index in [1.807, 2.05) is 0 Å².